The molecule has 216 valence electrons. The Morgan fingerprint density at radius 1 is 1.21 bits per heavy atom. The number of amides is 2. The summed E-state index contributed by atoms with van der Waals surface area (Å²) in [4.78, 5) is 29.5. The maximum atomic E-state index is 13.1. The Balaban J connectivity index is 1.37. The topological polar surface area (TPSA) is 136 Å². The number of nitrogens with one attached hydrogen (secondary N) is 2. The predicted molar refractivity (Wildman–Crippen MR) is 145 cm³/mol. The van der Waals surface area contributed by atoms with Gasteiger partial charge in [0.25, 0.3) is 10.0 Å². The molecule has 1 saturated carbocycles. The van der Waals surface area contributed by atoms with Crippen molar-refractivity contribution in [2.45, 2.75) is 101 Å². The van der Waals surface area contributed by atoms with Gasteiger partial charge in [0.15, 0.2) is 0 Å². The van der Waals surface area contributed by atoms with Crippen molar-refractivity contribution in [2.24, 2.45) is 5.10 Å². The molecule has 0 bridgehead atoms. The monoisotopic (exact) mass is 564 g/mol. The second-order valence-electron chi connectivity index (χ2n) is 11.6. The summed E-state index contributed by atoms with van der Waals surface area (Å²) in [6.07, 6.45) is 3.59. The molecule has 39 heavy (non-hydrogen) atoms. The number of hydrogen-bond acceptors (Lipinski definition) is 8. The van der Waals surface area contributed by atoms with Crippen molar-refractivity contribution in [3.05, 3.63) is 29.8 Å². The number of hydrogen-bond donors (Lipinski definition) is 2. The third kappa shape index (κ3) is 7.42. The first-order valence-corrected chi connectivity index (χ1v) is 15.1. The van der Waals surface area contributed by atoms with E-state index in [1.54, 1.807) is 29.2 Å². The SMILES string of the molecule is Cc1ccc(S(=O)(=O)NN=C2CCC(OCC3N(C(=O)OC(C)(C)C)CCCC34CCOC(=O)N4)CC2)cc1. The van der Waals surface area contributed by atoms with Gasteiger partial charge in [-0.05, 0) is 78.4 Å². The highest BCUT2D eigenvalue weighted by Crippen LogP contribution is 2.35. The van der Waals surface area contributed by atoms with Crippen LogP contribution in [0.15, 0.2) is 34.3 Å². The van der Waals surface area contributed by atoms with Crippen LogP contribution >= 0.6 is 0 Å². The molecule has 2 N–H and O–H groups in total. The largest absolute Gasteiger partial charge is 0.449 e. The van der Waals surface area contributed by atoms with E-state index in [-0.39, 0.29) is 24.2 Å². The number of sulfonamides is 1. The van der Waals surface area contributed by atoms with Gasteiger partial charge >= 0.3 is 12.2 Å². The van der Waals surface area contributed by atoms with Crippen LogP contribution in [-0.4, -0.2) is 74.3 Å². The van der Waals surface area contributed by atoms with Crippen LogP contribution < -0.4 is 10.1 Å². The molecule has 1 spiro atoms. The Kier molecular flexibility index (Phi) is 8.75. The van der Waals surface area contributed by atoms with Gasteiger partial charge in [0.2, 0.25) is 0 Å². The first kappa shape index (κ1) is 29.1. The lowest BCUT2D eigenvalue weighted by atomic mass is 9.78. The van der Waals surface area contributed by atoms with Crippen LogP contribution in [0.2, 0.25) is 0 Å². The third-order valence-electron chi connectivity index (χ3n) is 7.45. The molecule has 1 aromatic rings. The van der Waals surface area contributed by atoms with Crippen LogP contribution in [0.5, 0.6) is 0 Å². The number of piperidine rings is 1. The maximum absolute atomic E-state index is 13.1. The molecule has 2 unspecified atom stereocenters. The zero-order valence-corrected chi connectivity index (χ0v) is 24.0. The summed E-state index contributed by atoms with van der Waals surface area (Å²) in [6.45, 7) is 8.43. The Bertz CT molecular complexity index is 1170. The number of hydrazone groups is 1. The summed E-state index contributed by atoms with van der Waals surface area (Å²) in [5.74, 6) is 0. The Hall–Kier alpha value is -2.86. The molecule has 0 radical (unpaired) electrons. The number of carbonyl (C=O) groups is 2. The fraction of sp³-hybridized carbons (Fsp3) is 0.667. The number of rotatable bonds is 6. The van der Waals surface area contributed by atoms with E-state index in [0.717, 1.165) is 24.1 Å². The molecule has 1 aliphatic carbocycles. The van der Waals surface area contributed by atoms with E-state index >= 15 is 0 Å². The van der Waals surface area contributed by atoms with Gasteiger partial charge in [0.1, 0.15) is 5.60 Å². The van der Waals surface area contributed by atoms with Crippen molar-refractivity contribution in [3.8, 4) is 0 Å². The van der Waals surface area contributed by atoms with E-state index < -0.39 is 39.4 Å². The van der Waals surface area contributed by atoms with Crippen LogP contribution in [0.25, 0.3) is 0 Å². The lowest BCUT2D eigenvalue weighted by molar-refractivity contribution is -0.0668. The Morgan fingerprint density at radius 2 is 1.90 bits per heavy atom. The standard InChI is InChI=1S/C27H40N4O7S/c1-19-6-12-22(13-7-19)39(34,35)30-29-20-8-10-21(11-9-20)37-18-23-27(15-17-36-24(32)28-27)14-5-16-31(23)25(33)38-26(2,3)4/h6-7,12-13,21,23,30H,5,8-11,14-18H2,1-4H3,(H,28,32). The van der Waals surface area contributed by atoms with Gasteiger partial charge in [-0.3, -0.25) is 0 Å². The van der Waals surface area contributed by atoms with Crippen LogP contribution in [0, 0.1) is 6.92 Å². The molecule has 1 aromatic carbocycles. The van der Waals surface area contributed by atoms with Crippen LogP contribution in [0.3, 0.4) is 0 Å². The molecule has 2 aliphatic heterocycles. The fourth-order valence-electron chi connectivity index (χ4n) is 5.36. The minimum absolute atomic E-state index is 0.0762. The molecule has 3 fully saturated rings. The highest BCUT2D eigenvalue weighted by atomic mass is 32.2. The number of alkyl carbamates (subject to hydrolysis) is 1. The van der Waals surface area contributed by atoms with Gasteiger partial charge in [0, 0.05) is 18.7 Å². The average molecular weight is 565 g/mol. The molecule has 3 aliphatic rings. The van der Waals surface area contributed by atoms with Gasteiger partial charge < -0.3 is 24.4 Å². The van der Waals surface area contributed by atoms with E-state index in [1.165, 1.54) is 0 Å². The van der Waals surface area contributed by atoms with Gasteiger partial charge in [-0.15, -0.1) is 0 Å². The molecular formula is C27H40N4O7S. The van der Waals surface area contributed by atoms with E-state index in [1.807, 2.05) is 27.7 Å². The van der Waals surface area contributed by atoms with Crippen LogP contribution in [0.4, 0.5) is 9.59 Å². The van der Waals surface area contributed by atoms with E-state index in [2.05, 4.69) is 15.2 Å². The maximum Gasteiger partial charge on any atom is 0.410 e. The van der Waals surface area contributed by atoms with Crippen LogP contribution in [-0.2, 0) is 24.2 Å². The Morgan fingerprint density at radius 3 is 2.54 bits per heavy atom. The predicted octanol–water partition coefficient (Wildman–Crippen LogP) is 3.86. The number of benzene rings is 1. The number of cyclic esters (lactones) is 1. The van der Waals surface area contributed by atoms with Crippen molar-refractivity contribution in [3.63, 3.8) is 0 Å². The minimum atomic E-state index is -3.73. The summed E-state index contributed by atoms with van der Waals surface area (Å²) >= 11 is 0. The summed E-state index contributed by atoms with van der Waals surface area (Å²) < 4.78 is 42.2. The van der Waals surface area contributed by atoms with Gasteiger partial charge in [-0.25, -0.2) is 14.4 Å². The molecule has 2 atom stereocenters. The summed E-state index contributed by atoms with van der Waals surface area (Å²) in [7, 11) is -3.73. The van der Waals surface area contributed by atoms with Crippen molar-refractivity contribution in [1.29, 1.82) is 0 Å². The molecule has 2 amide bonds. The molecule has 11 nitrogen and oxygen atoms in total. The normalized spacial score (nSPS) is 26.0. The van der Waals surface area contributed by atoms with E-state index in [9.17, 15) is 18.0 Å². The highest BCUT2D eigenvalue weighted by molar-refractivity contribution is 7.89. The minimum Gasteiger partial charge on any atom is -0.449 e. The van der Waals surface area contributed by atoms with E-state index in [0.29, 0.717) is 38.6 Å². The first-order valence-electron chi connectivity index (χ1n) is 13.6. The van der Waals surface area contributed by atoms with Crippen molar-refractivity contribution in [2.75, 3.05) is 19.8 Å². The molecule has 2 saturated heterocycles. The zero-order valence-electron chi connectivity index (χ0n) is 23.2. The number of ether oxygens (including phenoxy) is 3. The highest BCUT2D eigenvalue weighted by Gasteiger charge is 2.50. The van der Waals surface area contributed by atoms with Crippen molar-refractivity contribution < 1.29 is 32.2 Å². The van der Waals surface area contributed by atoms with Crippen LogP contribution in [0.1, 0.15) is 71.3 Å². The second-order valence-corrected chi connectivity index (χ2v) is 13.2. The zero-order chi connectivity index (χ0) is 28.3. The summed E-state index contributed by atoms with van der Waals surface area (Å²) in [5, 5.41) is 7.17. The Labute approximate surface area is 230 Å². The first-order chi connectivity index (χ1) is 18.4. The third-order valence-corrected chi connectivity index (χ3v) is 8.68. The van der Waals surface area contributed by atoms with E-state index in [4.69, 9.17) is 14.2 Å². The van der Waals surface area contributed by atoms with Crippen molar-refractivity contribution in [1.82, 2.24) is 15.0 Å². The summed E-state index contributed by atoms with van der Waals surface area (Å²) in [6, 6.07) is 6.21. The van der Waals surface area contributed by atoms with Gasteiger partial charge in [0.05, 0.1) is 35.8 Å². The van der Waals surface area contributed by atoms with Gasteiger partial charge in [-0.1, -0.05) is 17.7 Å². The number of carbonyl (C=O) groups excluding carboxylic acids is 2. The molecule has 4 rings (SSSR count). The fourth-order valence-corrected chi connectivity index (χ4v) is 6.21. The van der Waals surface area contributed by atoms with Crippen molar-refractivity contribution >= 4 is 27.9 Å². The molecule has 12 heteroatoms. The summed E-state index contributed by atoms with van der Waals surface area (Å²) in [5.41, 5.74) is 0.462. The second kappa shape index (κ2) is 11.7. The number of nitrogens with zero attached hydrogens (tertiary/aromatic N) is 2. The molecular weight excluding hydrogens is 524 g/mol. The molecule has 2 heterocycles. The quantitative estimate of drug-likeness (QED) is 0.501. The average Bonchev–Trinajstić information content (AvgIpc) is 2.86. The number of aryl methyl sites for hydroxylation is 1. The lowest BCUT2D eigenvalue weighted by Gasteiger charge is -2.51. The smallest absolute Gasteiger partial charge is 0.410 e. The number of likely N-dealkylation sites (tertiary alicyclic amines) is 1. The lowest BCUT2D eigenvalue weighted by Crippen LogP contribution is -2.70. The molecule has 0 aromatic heterocycles. The van der Waals surface area contributed by atoms with Gasteiger partial charge in [-0.2, -0.15) is 13.5 Å².